The lowest BCUT2D eigenvalue weighted by molar-refractivity contribution is -0.127. The highest BCUT2D eigenvalue weighted by molar-refractivity contribution is 6.35. The summed E-state index contributed by atoms with van der Waals surface area (Å²) in [4.78, 5) is 62.2. The minimum absolute atomic E-state index is 0.0180. The maximum Gasteiger partial charge on any atom is 0.338 e. The largest absolute Gasteiger partial charge is 0.449 e. The van der Waals surface area contributed by atoms with Crippen molar-refractivity contribution in [3.8, 4) is 0 Å². The van der Waals surface area contributed by atoms with Gasteiger partial charge in [-0.2, -0.15) is 0 Å². The molecule has 2 N–H and O–H groups in total. The van der Waals surface area contributed by atoms with E-state index in [4.69, 9.17) is 16.3 Å². The first-order valence-corrected chi connectivity index (χ1v) is 9.68. The predicted molar refractivity (Wildman–Crippen MR) is 111 cm³/mol. The first-order valence-electron chi connectivity index (χ1n) is 9.31. The summed E-state index contributed by atoms with van der Waals surface area (Å²) in [5.74, 6) is -2.82. The van der Waals surface area contributed by atoms with Gasteiger partial charge >= 0.3 is 12.0 Å². The topological polar surface area (TPSA) is 122 Å². The number of halogens is 1. The highest BCUT2D eigenvalue weighted by atomic mass is 35.5. The Morgan fingerprint density at radius 3 is 2.32 bits per heavy atom. The van der Waals surface area contributed by atoms with E-state index < -0.39 is 35.8 Å². The lowest BCUT2D eigenvalue weighted by atomic mass is 10.1. The van der Waals surface area contributed by atoms with Crippen LogP contribution in [0.3, 0.4) is 0 Å². The fourth-order valence-corrected chi connectivity index (χ4v) is 3.02. The Balaban J connectivity index is 1.75. The van der Waals surface area contributed by atoms with Crippen molar-refractivity contribution < 1.29 is 28.7 Å². The summed E-state index contributed by atoms with van der Waals surface area (Å²) in [6, 6.07) is 9.38. The van der Waals surface area contributed by atoms with Crippen molar-refractivity contribution in [1.82, 2.24) is 10.6 Å². The molecule has 1 atom stereocenters. The van der Waals surface area contributed by atoms with Crippen LogP contribution in [0.25, 0.3) is 0 Å². The molecule has 0 aliphatic carbocycles. The zero-order valence-electron chi connectivity index (χ0n) is 16.6. The lowest BCUT2D eigenvalue weighted by Gasteiger charge is -2.13. The maximum absolute atomic E-state index is 12.8. The molecule has 0 aromatic heterocycles. The average molecular weight is 444 g/mol. The smallest absolute Gasteiger partial charge is 0.338 e. The zero-order chi connectivity index (χ0) is 22.7. The number of nitrogens with one attached hydrogen (secondary N) is 2. The molecule has 2 aromatic carbocycles. The van der Waals surface area contributed by atoms with Gasteiger partial charge in [-0.1, -0.05) is 11.6 Å². The first-order chi connectivity index (χ1) is 14.7. The van der Waals surface area contributed by atoms with E-state index in [1.807, 2.05) is 5.32 Å². The van der Waals surface area contributed by atoms with Gasteiger partial charge in [-0.15, -0.1) is 0 Å². The number of fused-ring (bicyclic) bond motifs is 1. The molecule has 1 unspecified atom stereocenters. The van der Waals surface area contributed by atoms with Crippen LogP contribution in [0.1, 0.15) is 44.9 Å². The molecule has 0 saturated heterocycles. The molecule has 0 radical (unpaired) electrons. The van der Waals surface area contributed by atoms with Gasteiger partial charge in [0.1, 0.15) is 0 Å². The number of ether oxygens (including phenoxy) is 1. The van der Waals surface area contributed by atoms with Crippen molar-refractivity contribution in [3.63, 3.8) is 0 Å². The van der Waals surface area contributed by atoms with Gasteiger partial charge in [-0.3, -0.25) is 19.7 Å². The number of anilines is 1. The minimum Gasteiger partial charge on any atom is -0.449 e. The molecule has 0 fully saturated rings. The summed E-state index contributed by atoms with van der Waals surface area (Å²) in [6.07, 6.45) is -1.26. The number of esters is 1. The van der Waals surface area contributed by atoms with Gasteiger partial charge in [0.25, 0.3) is 17.7 Å². The van der Waals surface area contributed by atoms with Gasteiger partial charge in [0, 0.05) is 11.6 Å². The van der Waals surface area contributed by atoms with Crippen LogP contribution in [0.2, 0.25) is 5.02 Å². The van der Waals surface area contributed by atoms with E-state index in [1.165, 1.54) is 37.3 Å². The Labute approximate surface area is 182 Å². The number of carbonyl (C=O) groups excluding carboxylic acids is 5. The normalized spacial score (nSPS) is 13.5. The van der Waals surface area contributed by atoms with Crippen molar-refractivity contribution in [2.45, 2.75) is 20.0 Å². The summed E-state index contributed by atoms with van der Waals surface area (Å²) in [5.41, 5.74) is 0.498. The number of imide groups is 2. The third-order valence-corrected chi connectivity index (χ3v) is 4.69. The Kier molecular flexibility index (Phi) is 6.36. The number of hydrogen-bond acceptors (Lipinski definition) is 6. The van der Waals surface area contributed by atoms with E-state index in [2.05, 4.69) is 5.32 Å². The maximum atomic E-state index is 12.8. The molecule has 160 valence electrons. The average Bonchev–Trinajstić information content (AvgIpc) is 2.98. The van der Waals surface area contributed by atoms with Crippen LogP contribution in [0.5, 0.6) is 0 Å². The van der Waals surface area contributed by atoms with E-state index in [-0.39, 0.29) is 16.7 Å². The predicted octanol–water partition coefficient (Wildman–Crippen LogP) is 2.53. The summed E-state index contributed by atoms with van der Waals surface area (Å²) in [7, 11) is 0. The molecule has 31 heavy (non-hydrogen) atoms. The van der Waals surface area contributed by atoms with Crippen LogP contribution in [0.4, 0.5) is 10.5 Å². The van der Waals surface area contributed by atoms with Crippen LogP contribution in [-0.4, -0.2) is 42.4 Å². The molecule has 9 nitrogen and oxygen atoms in total. The summed E-state index contributed by atoms with van der Waals surface area (Å²) >= 11 is 5.85. The third-order valence-electron chi connectivity index (χ3n) is 4.43. The van der Waals surface area contributed by atoms with Gasteiger partial charge in [-0.25, -0.2) is 14.5 Å². The zero-order valence-corrected chi connectivity index (χ0v) is 17.4. The number of rotatable bonds is 5. The molecule has 0 bridgehead atoms. The van der Waals surface area contributed by atoms with Crippen LogP contribution in [-0.2, 0) is 9.53 Å². The number of hydrogen-bond donors (Lipinski definition) is 2. The fourth-order valence-electron chi connectivity index (χ4n) is 2.89. The van der Waals surface area contributed by atoms with Gasteiger partial charge in [-0.05, 0) is 56.3 Å². The van der Waals surface area contributed by atoms with Crippen LogP contribution in [0.15, 0.2) is 42.5 Å². The van der Waals surface area contributed by atoms with E-state index in [9.17, 15) is 24.0 Å². The van der Waals surface area contributed by atoms with Crippen LogP contribution < -0.4 is 15.5 Å². The molecule has 5 amide bonds. The molecule has 0 spiro atoms. The Hall–Kier alpha value is -3.72. The monoisotopic (exact) mass is 443 g/mol. The minimum atomic E-state index is -1.26. The van der Waals surface area contributed by atoms with Gasteiger partial charge < -0.3 is 10.1 Å². The van der Waals surface area contributed by atoms with Gasteiger partial charge in [0.05, 0.1) is 22.4 Å². The van der Waals surface area contributed by atoms with Crippen LogP contribution >= 0.6 is 11.6 Å². The standard InChI is InChI=1S/C21H18ClN3O6/c1-3-23-21(30)24-17(26)11(2)31-20(29)12-4-9-15-16(10-12)19(28)25(18(15)27)14-7-5-13(22)6-8-14/h4-11H,3H2,1-2H3,(H2,23,24,26,30). The van der Waals surface area contributed by atoms with Crippen molar-refractivity contribution in [1.29, 1.82) is 0 Å². The Morgan fingerprint density at radius 2 is 1.68 bits per heavy atom. The number of urea groups is 1. The van der Waals surface area contributed by atoms with E-state index in [1.54, 1.807) is 19.1 Å². The van der Waals surface area contributed by atoms with Gasteiger partial charge in [0.15, 0.2) is 6.10 Å². The quantitative estimate of drug-likeness (QED) is 0.541. The Morgan fingerprint density at radius 1 is 1.03 bits per heavy atom. The van der Waals surface area contributed by atoms with Crippen molar-refractivity contribution in [3.05, 3.63) is 64.2 Å². The molecule has 0 saturated carbocycles. The van der Waals surface area contributed by atoms with Crippen molar-refractivity contribution >= 4 is 47.0 Å². The highest BCUT2D eigenvalue weighted by Crippen LogP contribution is 2.30. The Bertz CT molecular complexity index is 1080. The van der Waals surface area contributed by atoms with E-state index in [0.717, 1.165) is 4.90 Å². The highest BCUT2D eigenvalue weighted by Gasteiger charge is 2.37. The van der Waals surface area contributed by atoms with Crippen molar-refractivity contribution in [2.75, 3.05) is 11.4 Å². The molecule has 1 aliphatic rings. The number of nitrogens with zero attached hydrogens (tertiary/aromatic N) is 1. The molecular weight excluding hydrogens is 426 g/mol. The summed E-state index contributed by atoms with van der Waals surface area (Å²) < 4.78 is 5.07. The van der Waals surface area contributed by atoms with Gasteiger partial charge in [0.2, 0.25) is 0 Å². The fraction of sp³-hybridized carbons (Fsp3) is 0.190. The second-order valence-corrected chi connectivity index (χ2v) is 7.02. The molecule has 3 rings (SSSR count). The molecule has 1 aliphatic heterocycles. The van der Waals surface area contributed by atoms with Crippen LogP contribution in [0, 0.1) is 0 Å². The lowest BCUT2D eigenvalue weighted by Crippen LogP contribution is -2.44. The SMILES string of the molecule is CCNC(=O)NC(=O)C(C)OC(=O)c1ccc2c(c1)C(=O)N(c1ccc(Cl)cc1)C2=O. The number of benzene rings is 2. The number of amides is 5. The van der Waals surface area contributed by atoms with E-state index in [0.29, 0.717) is 17.3 Å². The molecule has 10 heteroatoms. The number of carbonyl (C=O) groups is 5. The van der Waals surface area contributed by atoms with Crippen molar-refractivity contribution in [2.24, 2.45) is 0 Å². The third kappa shape index (κ3) is 4.56. The first kappa shape index (κ1) is 22.0. The second-order valence-electron chi connectivity index (χ2n) is 6.58. The molecule has 1 heterocycles. The second kappa shape index (κ2) is 8.97. The van der Waals surface area contributed by atoms with E-state index >= 15 is 0 Å². The molecule has 2 aromatic rings. The molecular formula is C21H18ClN3O6. The summed E-state index contributed by atoms with van der Waals surface area (Å²) in [5, 5.41) is 4.87. The summed E-state index contributed by atoms with van der Waals surface area (Å²) in [6.45, 7) is 3.31.